The lowest BCUT2D eigenvalue weighted by molar-refractivity contribution is 0.437. The standard InChI is InChI=1S/C41H24FNO/c42-26-18-20-27(21-19-26)43-36-22-17-25-9-1-2-10-28(25)40(36)31-23-35-39(24-37(31)43)44-38-16-8-7-15-34(38)41(35)32-13-5-3-11-29(32)30-12-4-6-14-33(30)41/h1-24H. The van der Waals surface area contributed by atoms with E-state index in [1.165, 1.54) is 50.5 Å². The molecular formula is C41H24FNO. The molecule has 0 amide bonds. The van der Waals surface area contributed by atoms with Crippen LogP contribution in [0.3, 0.4) is 0 Å². The van der Waals surface area contributed by atoms with E-state index < -0.39 is 5.41 Å². The van der Waals surface area contributed by atoms with E-state index in [1.807, 2.05) is 18.2 Å². The van der Waals surface area contributed by atoms with Gasteiger partial charge in [-0.2, -0.15) is 0 Å². The molecule has 0 atom stereocenters. The van der Waals surface area contributed by atoms with Gasteiger partial charge in [0.1, 0.15) is 17.3 Å². The third-order valence-corrected chi connectivity index (χ3v) is 9.71. The summed E-state index contributed by atoms with van der Waals surface area (Å²) in [5.41, 5.74) is 9.79. The summed E-state index contributed by atoms with van der Waals surface area (Å²) in [5, 5.41) is 4.70. The Hall–Kier alpha value is -5.67. The second-order valence-electron chi connectivity index (χ2n) is 11.8. The molecule has 206 valence electrons. The van der Waals surface area contributed by atoms with Gasteiger partial charge in [0.05, 0.1) is 16.4 Å². The predicted octanol–water partition coefficient (Wildman–Crippen LogP) is 10.5. The van der Waals surface area contributed by atoms with Crippen molar-refractivity contribution in [2.75, 3.05) is 0 Å². The van der Waals surface area contributed by atoms with Crippen LogP contribution in [0.15, 0.2) is 146 Å². The highest BCUT2D eigenvalue weighted by molar-refractivity contribution is 6.22. The Kier molecular flexibility index (Phi) is 4.58. The van der Waals surface area contributed by atoms with Crippen molar-refractivity contribution in [3.05, 3.63) is 174 Å². The number of benzene rings is 7. The zero-order chi connectivity index (χ0) is 29.0. The second-order valence-corrected chi connectivity index (χ2v) is 11.8. The summed E-state index contributed by atoms with van der Waals surface area (Å²) < 4.78 is 23.2. The Morgan fingerprint density at radius 1 is 0.500 bits per heavy atom. The Morgan fingerprint density at radius 3 is 1.93 bits per heavy atom. The van der Waals surface area contributed by atoms with Gasteiger partial charge in [0, 0.05) is 33.7 Å². The minimum absolute atomic E-state index is 0.252. The van der Waals surface area contributed by atoms with Crippen LogP contribution < -0.4 is 4.74 Å². The summed E-state index contributed by atoms with van der Waals surface area (Å²) in [4.78, 5) is 0. The lowest BCUT2D eigenvalue weighted by Gasteiger charge is -2.39. The van der Waals surface area contributed by atoms with E-state index >= 15 is 0 Å². The largest absolute Gasteiger partial charge is 0.457 e. The SMILES string of the molecule is Fc1ccc(-n2c3cc4c(cc3c3c5ccccc5ccc32)C2(c3ccccc3O4)c3ccccc3-c3ccccc32)cc1. The molecule has 2 heterocycles. The normalized spacial score (nSPS) is 13.9. The number of hydrogen-bond donors (Lipinski definition) is 0. The molecule has 0 saturated heterocycles. The maximum Gasteiger partial charge on any atom is 0.134 e. The lowest BCUT2D eigenvalue weighted by atomic mass is 9.66. The maximum atomic E-state index is 14.1. The first-order chi connectivity index (χ1) is 21.7. The third-order valence-electron chi connectivity index (χ3n) is 9.71. The Balaban J connectivity index is 1.42. The van der Waals surface area contributed by atoms with Gasteiger partial charge in [-0.15, -0.1) is 0 Å². The van der Waals surface area contributed by atoms with Crippen molar-refractivity contribution in [1.29, 1.82) is 0 Å². The van der Waals surface area contributed by atoms with Crippen molar-refractivity contribution in [2.24, 2.45) is 0 Å². The third kappa shape index (κ3) is 2.89. The van der Waals surface area contributed by atoms with E-state index in [0.717, 1.165) is 44.7 Å². The molecule has 1 spiro atoms. The summed E-state index contributed by atoms with van der Waals surface area (Å²) >= 11 is 0. The molecule has 2 aliphatic rings. The van der Waals surface area contributed by atoms with Gasteiger partial charge < -0.3 is 9.30 Å². The van der Waals surface area contributed by atoms with Gasteiger partial charge in [-0.25, -0.2) is 4.39 Å². The van der Waals surface area contributed by atoms with Gasteiger partial charge in [-0.3, -0.25) is 0 Å². The molecule has 0 fully saturated rings. The summed E-state index contributed by atoms with van der Waals surface area (Å²) in [6.45, 7) is 0. The summed E-state index contributed by atoms with van der Waals surface area (Å²) in [5.74, 6) is 1.44. The number of rotatable bonds is 1. The van der Waals surface area contributed by atoms with Gasteiger partial charge in [0.15, 0.2) is 0 Å². The fraction of sp³-hybridized carbons (Fsp3) is 0.0244. The Labute approximate surface area is 253 Å². The van der Waals surface area contributed by atoms with Gasteiger partial charge in [-0.1, -0.05) is 97.1 Å². The molecule has 8 aromatic rings. The minimum atomic E-state index is -0.541. The Morgan fingerprint density at radius 2 is 1.16 bits per heavy atom. The van der Waals surface area contributed by atoms with Crippen LogP contribution >= 0.6 is 0 Å². The van der Waals surface area contributed by atoms with Gasteiger partial charge in [-0.05, 0) is 75.5 Å². The molecule has 10 rings (SSSR count). The molecule has 0 saturated carbocycles. The summed E-state index contributed by atoms with van der Waals surface area (Å²) in [6.07, 6.45) is 0. The number of fused-ring (bicyclic) bond motifs is 14. The van der Waals surface area contributed by atoms with Crippen molar-refractivity contribution in [2.45, 2.75) is 5.41 Å². The topological polar surface area (TPSA) is 14.2 Å². The highest BCUT2D eigenvalue weighted by Crippen LogP contribution is 2.62. The molecule has 3 heteroatoms. The molecule has 44 heavy (non-hydrogen) atoms. The molecule has 0 bridgehead atoms. The summed E-state index contributed by atoms with van der Waals surface area (Å²) in [6, 6.07) is 50.3. The van der Waals surface area contributed by atoms with Gasteiger partial charge in [0.2, 0.25) is 0 Å². The predicted molar refractivity (Wildman–Crippen MR) is 176 cm³/mol. The molecular weight excluding hydrogens is 541 g/mol. The number of ether oxygens (including phenoxy) is 1. The highest BCUT2D eigenvalue weighted by atomic mass is 19.1. The van der Waals surface area contributed by atoms with Crippen LogP contribution in [0.4, 0.5) is 4.39 Å². The average Bonchev–Trinajstić information content (AvgIpc) is 3.55. The van der Waals surface area contributed by atoms with Crippen molar-refractivity contribution in [1.82, 2.24) is 4.57 Å². The fourth-order valence-electron chi connectivity index (χ4n) is 8.00. The van der Waals surface area contributed by atoms with Crippen molar-refractivity contribution in [3.8, 4) is 28.3 Å². The van der Waals surface area contributed by atoms with Crippen LogP contribution in [-0.4, -0.2) is 4.57 Å². The van der Waals surface area contributed by atoms with E-state index in [4.69, 9.17) is 4.74 Å². The first kappa shape index (κ1) is 23.8. The molecule has 1 aliphatic heterocycles. The average molecular weight is 566 g/mol. The van der Waals surface area contributed by atoms with Crippen LogP contribution in [-0.2, 0) is 5.41 Å². The van der Waals surface area contributed by atoms with Crippen LogP contribution in [0, 0.1) is 5.82 Å². The molecule has 0 unspecified atom stereocenters. The van der Waals surface area contributed by atoms with Crippen LogP contribution in [0.2, 0.25) is 0 Å². The second kappa shape index (κ2) is 8.46. The van der Waals surface area contributed by atoms with E-state index in [2.05, 4.69) is 120 Å². The number of nitrogens with zero attached hydrogens (tertiary/aromatic N) is 1. The highest BCUT2D eigenvalue weighted by Gasteiger charge is 2.51. The Bertz CT molecular complexity index is 2440. The monoisotopic (exact) mass is 565 g/mol. The van der Waals surface area contributed by atoms with Crippen molar-refractivity contribution in [3.63, 3.8) is 0 Å². The van der Waals surface area contributed by atoms with Crippen LogP contribution in [0.25, 0.3) is 49.4 Å². The molecule has 2 nitrogen and oxygen atoms in total. The zero-order valence-electron chi connectivity index (χ0n) is 23.6. The quantitative estimate of drug-likeness (QED) is 0.193. The molecule has 7 aromatic carbocycles. The van der Waals surface area contributed by atoms with Crippen LogP contribution in [0.1, 0.15) is 22.3 Å². The zero-order valence-corrected chi connectivity index (χ0v) is 23.6. The first-order valence-corrected chi connectivity index (χ1v) is 15.0. The van der Waals surface area contributed by atoms with E-state index in [1.54, 1.807) is 0 Å². The number of hydrogen-bond acceptors (Lipinski definition) is 1. The smallest absolute Gasteiger partial charge is 0.134 e. The number of halogens is 1. The maximum absolute atomic E-state index is 14.1. The molecule has 1 aliphatic carbocycles. The summed E-state index contributed by atoms with van der Waals surface area (Å²) in [7, 11) is 0. The molecule has 1 aromatic heterocycles. The van der Waals surface area contributed by atoms with Gasteiger partial charge in [0.25, 0.3) is 0 Å². The fourth-order valence-corrected chi connectivity index (χ4v) is 8.00. The van der Waals surface area contributed by atoms with Crippen molar-refractivity contribution >= 4 is 32.6 Å². The minimum Gasteiger partial charge on any atom is -0.457 e. The van der Waals surface area contributed by atoms with Crippen molar-refractivity contribution < 1.29 is 9.13 Å². The first-order valence-electron chi connectivity index (χ1n) is 15.0. The lowest BCUT2D eigenvalue weighted by Crippen LogP contribution is -2.32. The van der Waals surface area contributed by atoms with E-state index in [0.29, 0.717) is 0 Å². The van der Waals surface area contributed by atoms with Crippen LogP contribution in [0.5, 0.6) is 11.5 Å². The van der Waals surface area contributed by atoms with E-state index in [9.17, 15) is 4.39 Å². The molecule has 0 radical (unpaired) electrons. The molecule has 0 N–H and O–H groups in total. The number of para-hydroxylation sites is 1. The number of aromatic nitrogens is 1. The van der Waals surface area contributed by atoms with E-state index in [-0.39, 0.29) is 5.82 Å². The van der Waals surface area contributed by atoms with Gasteiger partial charge >= 0.3 is 0 Å².